The summed E-state index contributed by atoms with van der Waals surface area (Å²) < 4.78 is 27.6. The summed E-state index contributed by atoms with van der Waals surface area (Å²) in [5.74, 6) is 0.657. The summed E-state index contributed by atoms with van der Waals surface area (Å²) in [7, 11) is 1.56. The zero-order valence-corrected chi connectivity index (χ0v) is 16.9. The van der Waals surface area contributed by atoms with Crippen LogP contribution in [0.15, 0.2) is 24.8 Å². The second kappa shape index (κ2) is 13.5. The molecule has 0 radical (unpaired) electrons. The Labute approximate surface area is 167 Å². The topological polar surface area (TPSA) is 69.6 Å². The largest absolute Gasteiger partial charge is 0.504 e. The summed E-state index contributed by atoms with van der Waals surface area (Å²) in [6, 6.07) is 3.87. The normalized spacial score (nSPS) is 18.8. The van der Waals surface area contributed by atoms with Gasteiger partial charge in [-0.15, -0.1) is 6.58 Å². The van der Waals surface area contributed by atoms with Crippen molar-refractivity contribution in [1.82, 2.24) is 4.90 Å². The third-order valence-corrected chi connectivity index (χ3v) is 4.42. The van der Waals surface area contributed by atoms with Crippen molar-refractivity contribution in [3.05, 3.63) is 35.9 Å². The molecule has 0 unspecified atom stereocenters. The molecule has 7 nitrogen and oxygen atoms in total. The average molecular weight is 395 g/mol. The molecule has 0 aromatic heterocycles. The number of ether oxygens (including phenoxy) is 5. The lowest BCUT2D eigenvalue weighted by Crippen LogP contribution is -2.31. The van der Waals surface area contributed by atoms with E-state index in [-0.39, 0.29) is 5.75 Å². The summed E-state index contributed by atoms with van der Waals surface area (Å²) in [5.41, 5.74) is 1.88. The lowest BCUT2D eigenvalue weighted by atomic mass is 10.1. The van der Waals surface area contributed by atoms with E-state index < -0.39 is 0 Å². The van der Waals surface area contributed by atoms with Crippen LogP contribution in [0.25, 0.3) is 0 Å². The highest BCUT2D eigenvalue weighted by molar-refractivity contribution is 5.49. The Bertz CT molecular complexity index is 564. The van der Waals surface area contributed by atoms with Gasteiger partial charge in [0.2, 0.25) is 0 Å². The van der Waals surface area contributed by atoms with Gasteiger partial charge in [-0.3, -0.25) is 4.90 Å². The molecule has 1 saturated heterocycles. The lowest BCUT2D eigenvalue weighted by molar-refractivity contribution is 0.00206. The number of allylic oxidation sites excluding steroid dienone is 1. The molecule has 1 aromatic rings. The zero-order chi connectivity index (χ0) is 20.0. The Morgan fingerprint density at radius 3 is 2.00 bits per heavy atom. The predicted octanol–water partition coefficient (Wildman–Crippen LogP) is 2.01. The van der Waals surface area contributed by atoms with E-state index in [0.717, 1.165) is 24.2 Å². The Morgan fingerprint density at radius 1 is 0.964 bits per heavy atom. The minimum atomic E-state index is 0.176. The molecular formula is C21H33NO6. The van der Waals surface area contributed by atoms with E-state index in [1.165, 1.54) is 0 Å². The number of nitrogens with zero attached hydrogens (tertiary/aromatic N) is 1. The van der Waals surface area contributed by atoms with E-state index >= 15 is 0 Å². The second-order valence-electron chi connectivity index (χ2n) is 6.52. The van der Waals surface area contributed by atoms with Crippen LogP contribution in [-0.2, 0) is 31.9 Å². The number of phenolic OH excluding ortho intramolecular Hbond substituents is 1. The Balaban J connectivity index is 2.00. The molecule has 1 aromatic carbocycles. The molecule has 1 heterocycles. The molecule has 7 heteroatoms. The number of methoxy groups -OCH3 is 1. The molecular weight excluding hydrogens is 362 g/mol. The molecule has 1 aliphatic rings. The van der Waals surface area contributed by atoms with E-state index in [0.29, 0.717) is 71.6 Å². The molecule has 2 rings (SSSR count). The summed E-state index contributed by atoms with van der Waals surface area (Å²) in [4.78, 5) is 2.27. The lowest BCUT2D eigenvalue weighted by Gasteiger charge is -2.23. The van der Waals surface area contributed by atoms with Gasteiger partial charge < -0.3 is 28.8 Å². The van der Waals surface area contributed by atoms with Crippen LogP contribution in [0.1, 0.15) is 11.1 Å². The van der Waals surface area contributed by atoms with Gasteiger partial charge in [-0.25, -0.2) is 0 Å². The highest BCUT2D eigenvalue weighted by atomic mass is 16.6. The smallest absolute Gasteiger partial charge is 0.161 e. The Kier molecular flexibility index (Phi) is 10.9. The van der Waals surface area contributed by atoms with Crippen LogP contribution in [0, 0.1) is 0 Å². The summed E-state index contributed by atoms with van der Waals surface area (Å²) in [6.45, 7) is 10.7. The Morgan fingerprint density at radius 2 is 1.50 bits per heavy atom. The number of rotatable bonds is 5. The molecule has 0 atom stereocenters. The van der Waals surface area contributed by atoms with Crippen molar-refractivity contribution >= 4 is 0 Å². The van der Waals surface area contributed by atoms with Gasteiger partial charge >= 0.3 is 0 Å². The number of phenols is 1. The Hall–Kier alpha value is -1.64. The van der Waals surface area contributed by atoms with Crippen molar-refractivity contribution in [1.29, 1.82) is 0 Å². The fourth-order valence-electron chi connectivity index (χ4n) is 2.96. The van der Waals surface area contributed by atoms with Crippen molar-refractivity contribution in [2.45, 2.75) is 13.0 Å². The van der Waals surface area contributed by atoms with Crippen LogP contribution in [0.3, 0.4) is 0 Å². The van der Waals surface area contributed by atoms with Crippen LogP contribution >= 0.6 is 0 Å². The van der Waals surface area contributed by atoms with Gasteiger partial charge in [0.25, 0.3) is 0 Å². The maximum Gasteiger partial charge on any atom is 0.161 e. The summed E-state index contributed by atoms with van der Waals surface area (Å²) >= 11 is 0. The fourth-order valence-corrected chi connectivity index (χ4v) is 2.96. The summed E-state index contributed by atoms with van der Waals surface area (Å²) in [5, 5.41) is 10.3. The molecule has 1 fully saturated rings. The number of aromatic hydroxyl groups is 1. The minimum absolute atomic E-state index is 0.176. The number of hydrogen-bond donors (Lipinski definition) is 1. The van der Waals surface area contributed by atoms with Crippen molar-refractivity contribution in [3.8, 4) is 11.5 Å². The van der Waals surface area contributed by atoms with E-state index in [2.05, 4.69) is 11.5 Å². The standard InChI is InChI=1S/C21H33NO6/c1-3-4-19-15-18(16-20(24-2)21(19)23)17-22-5-7-25-9-11-27-13-14-28-12-10-26-8-6-22/h3,15-16,23H,1,4-14,17H2,2H3. The van der Waals surface area contributed by atoms with Crippen LogP contribution in [-0.4, -0.2) is 83.1 Å². The van der Waals surface area contributed by atoms with Gasteiger partial charge in [0.1, 0.15) is 0 Å². The highest BCUT2D eigenvalue weighted by Crippen LogP contribution is 2.32. The number of hydrogen-bond acceptors (Lipinski definition) is 7. The van der Waals surface area contributed by atoms with Gasteiger partial charge in [0.15, 0.2) is 11.5 Å². The fraction of sp³-hybridized carbons (Fsp3) is 0.619. The van der Waals surface area contributed by atoms with E-state index in [4.69, 9.17) is 23.7 Å². The quantitative estimate of drug-likeness (QED) is 0.765. The van der Waals surface area contributed by atoms with E-state index in [1.54, 1.807) is 13.2 Å². The van der Waals surface area contributed by atoms with Gasteiger partial charge in [0.05, 0.1) is 60.0 Å². The van der Waals surface area contributed by atoms with Gasteiger partial charge in [0, 0.05) is 25.2 Å². The molecule has 0 spiro atoms. The average Bonchev–Trinajstić information content (AvgIpc) is 2.70. The van der Waals surface area contributed by atoms with Gasteiger partial charge in [-0.2, -0.15) is 0 Å². The van der Waals surface area contributed by atoms with Crippen molar-refractivity contribution < 1.29 is 28.8 Å². The first-order chi connectivity index (χ1) is 13.7. The third kappa shape index (κ3) is 8.16. The van der Waals surface area contributed by atoms with Crippen molar-refractivity contribution in [2.24, 2.45) is 0 Å². The van der Waals surface area contributed by atoms with Gasteiger partial charge in [-0.05, 0) is 18.1 Å². The number of benzene rings is 1. The van der Waals surface area contributed by atoms with Crippen LogP contribution in [0.2, 0.25) is 0 Å². The molecule has 28 heavy (non-hydrogen) atoms. The molecule has 0 saturated carbocycles. The maximum atomic E-state index is 10.3. The molecule has 0 aliphatic carbocycles. The first-order valence-corrected chi connectivity index (χ1v) is 9.77. The zero-order valence-electron chi connectivity index (χ0n) is 16.9. The van der Waals surface area contributed by atoms with Crippen LogP contribution < -0.4 is 4.74 Å². The van der Waals surface area contributed by atoms with Gasteiger partial charge in [-0.1, -0.05) is 12.1 Å². The van der Waals surface area contributed by atoms with Crippen molar-refractivity contribution in [3.63, 3.8) is 0 Å². The third-order valence-electron chi connectivity index (χ3n) is 4.42. The second-order valence-corrected chi connectivity index (χ2v) is 6.52. The van der Waals surface area contributed by atoms with Crippen molar-refractivity contribution in [2.75, 3.05) is 73.1 Å². The molecule has 1 N–H and O–H groups in total. The molecule has 158 valence electrons. The summed E-state index contributed by atoms with van der Waals surface area (Å²) in [6.07, 6.45) is 2.36. The van der Waals surface area contributed by atoms with Crippen LogP contribution in [0.5, 0.6) is 11.5 Å². The highest BCUT2D eigenvalue weighted by Gasteiger charge is 2.13. The minimum Gasteiger partial charge on any atom is -0.504 e. The monoisotopic (exact) mass is 395 g/mol. The predicted molar refractivity (Wildman–Crippen MR) is 107 cm³/mol. The first-order valence-electron chi connectivity index (χ1n) is 9.77. The molecule has 1 aliphatic heterocycles. The molecule has 0 amide bonds. The van der Waals surface area contributed by atoms with Crippen LogP contribution in [0.4, 0.5) is 0 Å². The first kappa shape index (κ1) is 22.6. The SMILES string of the molecule is C=CCc1cc(CN2CCOCCOCCOCCOCC2)cc(OC)c1O. The van der Waals surface area contributed by atoms with E-state index in [9.17, 15) is 5.11 Å². The van der Waals surface area contributed by atoms with E-state index in [1.807, 2.05) is 12.1 Å². The maximum absolute atomic E-state index is 10.3. The molecule has 0 bridgehead atoms.